The highest BCUT2D eigenvalue weighted by molar-refractivity contribution is 7.17. The Kier molecular flexibility index (Phi) is 6.19. The fourth-order valence-corrected chi connectivity index (χ4v) is 5.93. The molecule has 10 heteroatoms. The SMILES string of the molecule is COc1ccc(N2CCN([C@@H](c3cccc(OC)c3)c3sc4nc(-c5ccco5)nn4c3O)CC2)cc1. The third-order valence-corrected chi connectivity index (χ3v) is 7.79. The zero-order valence-electron chi connectivity index (χ0n) is 20.6. The van der Waals surface area contributed by atoms with E-state index in [0.717, 1.165) is 48.1 Å². The number of thiazole rings is 1. The molecule has 190 valence electrons. The molecule has 0 amide bonds. The quantitative estimate of drug-likeness (QED) is 0.333. The van der Waals surface area contributed by atoms with Gasteiger partial charge in [0.1, 0.15) is 11.5 Å². The molecule has 0 saturated carbocycles. The van der Waals surface area contributed by atoms with Gasteiger partial charge in [0.25, 0.3) is 0 Å². The van der Waals surface area contributed by atoms with Gasteiger partial charge in [0.05, 0.1) is 31.4 Å². The number of hydrogen-bond acceptors (Lipinski definition) is 9. The second-order valence-corrected chi connectivity index (χ2v) is 9.81. The Labute approximate surface area is 218 Å². The number of aromatic hydroxyl groups is 1. The summed E-state index contributed by atoms with van der Waals surface area (Å²) in [5, 5.41) is 15.8. The highest BCUT2D eigenvalue weighted by Gasteiger charge is 2.32. The summed E-state index contributed by atoms with van der Waals surface area (Å²) in [5.74, 6) is 2.73. The van der Waals surface area contributed by atoms with Crippen molar-refractivity contribution in [3.05, 3.63) is 77.4 Å². The van der Waals surface area contributed by atoms with E-state index in [0.29, 0.717) is 16.5 Å². The summed E-state index contributed by atoms with van der Waals surface area (Å²) in [5.41, 5.74) is 2.22. The van der Waals surface area contributed by atoms with E-state index in [4.69, 9.17) is 13.9 Å². The van der Waals surface area contributed by atoms with Crippen LogP contribution in [0.15, 0.2) is 71.3 Å². The number of furan rings is 1. The molecule has 4 heterocycles. The molecule has 5 aromatic rings. The van der Waals surface area contributed by atoms with Gasteiger partial charge in [0, 0.05) is 31.9 Å². The minimum Gasteiger partial charge on any atom is -0.497 e. The molecule has 0 radical (unpaired) electrons. The summed E-state index contributed by atoms with van der Waals surface area (Å²) in [4.78, 5) is 10.8. The second-order valence-electron chi connectivity index (χ2n) is 8.80. The average molecular weight is 518 g/mol. The predicted octanol–water partition coefficient (Wildman–Crippen LogP) is 4.69. The van der Waals surface area contributed by atoms with Gasteiger partial charge in [-0.3, -0.25) is 4.90 Å². The summed E-state index contributed by atoms with van der Waals surface area (Å²) < 4.78 is 17.8. The maximum Gasteiger partial charge on any atom is 0.230 e. The first-order chi connectivity index (χ1) is 18.1. The van der Waals surface area contributed by atoms with Crippen molar-refractivity contribution >= 4 is 22.0 Å². The molecule has 0 bridgehead atoms. The third kappa shape index (κ3) is 4.38. The van der Waals surface area contributed by atoms with E-state index >= 15 is 0 Å². The normalized spacial score (nSPS) is 15.2. The van der Waals surface area contributed by atoms with Crippen LogP contribution in [0.3, 0.4) is 0 Å². The zero-order chi connectivity index (χ0) is 25.4. The molecule has 1 atom stereocenters. The first-order valence-corrected chi connectivity index (χ1v) is 12.9. The molecule has 0 spiro atoms. The van der Waals surface area contributed by atoms with E-state index < -0.39 is 0 Å². The predicted molar refractivity (Wildman–Crippen MR) is 142 cm³/mol. The van der Waals surface area contributed by atoms with Gasteiger partial charge in [0.2, 0.25) is 16.7 Å². The first-order valence-electron chi connectivity index (χ1n) is 12.0. The Bertz CT molecular complexity index is 1490. The molecule has 0 unspecified atom stereocenters. The fourth-order valence-electron chi connectivity index (χ4n) is 4.81. The van der Waals surface area contributed by atoms with Gasteiger partial charge in [0.15, 0.2) is 5.76 Å². The zero-order valence-corrected chi connectivity index (χ0v) is 21.4. The molecule has 6 rings (SSSR count). The molecule has 2 aromatic carbocycles. The largest absolute Gasteiger partial charge is 0.497 e. The molecule has 1 aliphatic heterocycles. The highest BCUT2D eigenvalue weighted by atomic mass is 32.1. The van der Waals surface area contributed by atoms with Gasteiger partial charge in [-0.2, -0.15) is 9.50 Å². The van der Waals surface area contributed by atoms with Gasteiger partial charge in [-0.15, -0.1) is 5.10 Å². The molecule has 0 aliphatic carbocycles. The number of benzene rings is 2. The topological polar surface area (TPSA) is 88.5 Å². The summed E-state index contributed by atoms with van der Waals surface area (Å²) >= 11 is 1.44. The van der Waals surface area contributed by atoms with Crippen LogP contribution >= 0.6 is 11.3 Å². The molecule has 1 N–H and O–H groups in total. The fraction of sp³-hybridized carbons (Fsp3) is 0.259. The van der Waals surface area contributed by atoms with Crippen LogP contribution in [0.2, 0.25) is 0 Å². The van der Waals surface area contributed by atoms with E-state index in [9.17, 15) is 5.11 Å². The van der Waals surface area contributed by atoms with Crippen LogP contribution in [0.4, 0.5) is 5.69 Å². The number of aromatic nitrogens is 3. The summed E-state index contributed by atoms with van der Waals surface area (Å²) in [7, 11) is 3.34. The number of anilines is 1. The van der Waals surface area contributed by atoms with E-state index in [1.165, 1.54) is 21.5 Å². The van der Waals surface area contributed by atoms with Crippen molar-refractivity contribution in [1.29, 1.82) is 0 Å². The lowest BCUT2D eigenvalue weighted by molar-refractivity contribution is 0.211. The van der Waals surface area contributed by atoms with Crippen LogP contribution in [0.1, 0.15) is 16.5 Å². The van der Waals surface area contributed by atoms with Gasteiger partial charge >= 0.3 is 0 Å². The lowest BCUT2D eigenvalue weighted by atomic mass is 10.0. The van der Waals surface area contributed by atoms with E-state index in [1.54, 1.807) is 32.6 Å². The molecular weight excluding hydrogens is 490 g/mol. The number of fused-ring (bicyclic) bond motifs is 1. The molecule has 1 saturated heterocycles. The number of ether oxygens (including phenoxy) is 2. The van der Waals surface area contributed by atoms with Crippen LogP contribution in [-0.4, -0.2) is 65.0 Å². The Hall–Kier alpha value is -4.02. The van der Waals surface area contributed by atoms with Crippen molar-refractivity contribution < 1.29 is 19.0 Å². The Morgan fingerprint density at radius 1 is 0.946 bits per heavy atom. The Morgan fingerprint density at radius 3 is 2.41 bits per heavy atom. The van der Waals surface area contributed by atoms with Gasteiger partial charge in [-0.25, -0.2) is 0 Å². The number of nitrogens with zero attached hydrogens (tertiary/aromatic N) is 5. The van der Waals surface area contributed by atoms with Crippen molar-refractivity contribution in [3.8, 4) is 29.0 Å². The summed E-state index contributed by atoms with van der Waals surface area (Å²) in [6, 6.07) is 19.6. The molecule has 37 heavy (non-hydrogen) atoms. The standard InChI is InChI=1S/C27H27N5O4S/c1-34-20-10-8-19(9-11-20)30-12-14-31(15-13-30)23(18-5-3-6-21(17-18)35-2)24-26(33)32-27(37-24)28-25(29-32)22-7-4-16-36-22/h3-11,16-17,23,33H,12-15H2,1-2H3/t23-/m0/s1. The van der Waals surface area contributed by atoms with Crippen LogP contribution in [0, 0.1) is 0 Å². The van der Waals surface area contributed by atoms with Crippen molar-refractivity contribution in [2.24, 2.45) is 0 Å². The summed E-state index contributed by atoms with van der Waals surface area (Å²) in [6.07, 6.45) is 1.58. The molecular formula is C27H27N5O4S. The number of hydrogen-bond donors (Lipinski definition) is 1. The van der Waals surface area contributed by atoms with E-state index in [-0.39, 0.29) is 11.9 Å². The van der Waals surface area contributed by atoms with Crippen molar-refractivity contribution in [2.45, 2.75) is 6.04 Å². The maximum atomic E-state index is 11.3. The minimum absolute atomic E-state index is 0.0933. The Morgan fingerprint density at radius 2 is 1.73 bits per heavy atom. The monoisotopic (exact) mass is 517 g/mol. The maximum absolute atomic E-state index is 11.3. The second kappa shape index (κ2) is 9.79. The van der Waals surface area contributed by atoms with Crippen LogP contribution in [0.5, 0.6) is 17.4 Å². The van der Waals surface area contributed by atoms with Gasteiger partial charge < -0.3 is 23.9 Å². The van der Waals surface area contributed by atoms with Gasteiger partial charge in [-0.05, 0) is 54.1 Å². The van der Waals surface area contributed by atoms with Gasteiger partial charge in [-0.1, -0.05) is 23.5 Å². The first kappa shape index (κ1) is 23.4. The number of piperazine rings is 1. The van der Waals surface area contributed by atoms with Crippen LogP contribution < -0.4 is 14.4 Å². The average Bonchev–Trinajstić information content (AvgIpc) is 3.69. The highest BCUT2D eigenvalue weighted by Crippen LogP contribution is 2.41. The van der Waals surface area contributed by atoms with Crippen LogP contribution in [-0.2, 0) is 0 Å². The number of rotatable bonds is 7. The molecule has 1 aliphatic rings. The van der Waals surface area contributed by atoms with E-state index in [2.05, 4.69) is 38.1 Å². The lowest BCUT2D eigenvalue weighted by Gasteiger charge is -2.40. The smallest absolute Gasteiger partial charge is 0.230 e. The van der Waals surface area contributed by atoms with Crippen molar-refractivity contribution in [3.63, 3.8) is 0 Å². The molecule has 3 aromatic heterocycles. The molecule has 1 fully saturated rings. The minimum atomic E-state index is -0.173. The van der Waals surface area contributed by atoms with Crippen LogP contribution in [0.25, 0.3) is 16.5 Å². The van der Waals surface area contributed by atoms with Crippen molar-refractivity contribution in [1.82, 2.24) is 19.5 Å². The summed E-state index contributed by atoms with van der Waals surface area (Å²) in [6.45, 7) is 3.35. The lowest BCUT2D eigenvalue weighted by Crippen LogP contribution is -2.47. The number of methoxy groups -OCH3 is 2. The van der Waals surface area contributed by atoms with Crippen molar-refractivity contribution in [2.75, 3.05) is 45.3 Å². The molecule has 9 nitrogen and oxygen atoms in total. The Balaban J connectivity index is 1.32. The third-order valence-electron chi connectivity index (χ3n) is 6.72. The van der Waals surface area contributed by atoms with E-state index in [1.807, 2.05) is 30.3 Å².